The first-order valence-corrected chi connectivity index (χ1v) is 10.7. The second kappa shape index (κ2) is 12.4. The summed E-state index contributed by atoms with van der Waals surface area (Å²) in [6.07, 6.45) is 5.42. The average Bonchev–Trinajstić information content (AvgIpc) is 3.21. The molecule has 8 heteroatoms. The molecule has 1 aliphatic heterocycles. The third-order valence-corrected chi connectivity index (χ3v) is 5.69. The Kier molecular flexibility index (Phi) is 10.3. The average molecular weight is 532 g/mol. The first-order chi connectivity index (χ1) is 14.0. The molecule has 2 aliphatic rings. The fraction of sp³-hybridized carbons (Fsp3) is 0.636. The van der Waals surface area contributed by atoms with E-state index in [0.29, 0.717) is 32.0 Å². The number of benzene rings is 1. The van der Waals surface area contributed by atoms with Crippen LogP contribution in [-0.2, 0) is 9.53 Å². The Balaban J connectivity index is 0.00000320. The van der Waals surface area contributed by atoms with Crippen LogP contribution >= 0.6 is 24.0 Å². The predicted molar refractivity (Wildman–Crippen MR) is 128 cm³/mol. The standard InChI is InChI=1S/C22H33FN4O2.HI/c1-16-14-27(15-20(29-16)18-7-9-19(23)10-8-18)22(24-2)26-12-11-25-21(28)13-17-5-3-4-6-17;/h7-10,16-17,20H,3-6,11-15H2,1-2H3,(H,24,26)(H,25,28);1H. The van der Waals surface area contributed by atoms with Gasteiger partial charge in [0.2, 0.25) is 5.91 Å². The number of halogens is 2. The van der Waals surface area contributed by atoms with Gasteiger partial charge < -0.3 is 20.3 Å². The van der Waals surface area contributed by atoms with Gasteiger partial charge in [0, 0.05) is 33.1 Å². The molecule has 2 fully saturated rings. The number of rotatable bonds is 6. The quantitative estimate of drug-likeness (QED) is 0.255. The number of guanidine groups is 1. The Morgan fingerprint density at radius 1 is 1.17 bits per heavy atom. The maximum Gasteiger partial charge on any atom is 0.220 e. The molecule has 1 aromatic rings. The number of carbonyl (C=O) groups excluding carboxylic acids is 1. The molecule has 0 bridgehead atoms. The number of ether oxygens (including phenoxy) is 1. The van der Waals surface area contributed by atoms with Gasteiger partial charge in [-0.15, -0.1) is 24.0 Å². The lowest BCUT2D eigenvalue weighted by atomic mass is 10.0. The summed E-state index contributed by atoms with van der Waals surface area (Å²) >= 11 is 0. The van der Waals surface area contributed by atoms with Crippen LogP contribution in [0.2, 0.25) is 0 Å². The van der Waals surface area contributed by atoms with Gasteiger partial charge in [-0.05, 0) is 43.4 Å². The Labute approximate surface area is 196 Å². The highest BCUT2D eigenvalue weighted by molar-refractivity contribution is 14.0. The molecule has 2 N–H and O–H groups in total. The number of aliphatic imine (C=N–C) groups is 1. The van der Waals surface area contributed by atoms with Crippen molar-refractivity contribution in [3.05, 3.63) is 35.6 Å². The van der Waals surface area contributed by atoms with Gasteiger partial charge in [0.15, 0.2) is 5.96 Å². The smallest absolute Gasteiger partial charge is 0.220 e. The zero-order valence-corrected chi connectivity index (χ0v) is 20.2. The largest absolute Gasteiger partial charge is 0.367 e. The van der Waals surface area contributed by atoms with Crippen LogP contribution in [0.25, 0.3) is 0 Å². The predicted octanol–water partition coefficient (Wildman–Crippen LogP) is 3.48. The molecule has 1 saturated heterocycles. The van der Waals surface area contributed by atoms with E-state index in [1.807, 2.05) is 6.92 Å². The van der Waals surface area contributed by atoms with Crippen LogP contribution in [0.5, 0.6) is 0 Å². The molecule has 168 valence electrons. The van der Waals surface area contributed by atoms with Gasteiger partial charge in [-0.1, -0.05) is 25.0 Å². The third kappa shape index (κ3) is 7.37. The summed E-state index contributed by atoms with van der Waals surface area (Å²) in [5.41, 5.74) is 0.956. The molecule has 1 aromatic carbocycles. The second-order valence-electron chi connectivity index (χ2n) is 8.07. The van der Waals surface area contributed by atoms with Crippen LogP contribution in [0.1, 0.15) is 50.7 Å². The lowest BCUT2D eigenvalue weighted by molar-refractivity contribution is -0.121. The van der Waals surface area contributed by atoms with Crippen molar-refractivity contribution in [3.8, 4) is 0 Å². The first kappa shape index (κ1) is 24.8. The number of nitrogens with one attached hydrogen (secondary N) is 2. The maximum atomic E-state index is 13.2. The van der Waals surface area contributed by atoms with E-state index >= 15 is 0 Å². The van der Waals surface area contributed by atoms with E-state index in [-0.39, 0.29) is 47.9 Å². The van der Waals surface area contributed by atoms with E-state index < -0.39 is 0 Å². The van der Waals surface area contributed by atoms with Gasteiger partial charge >= 0.3 is 0 Å². The Morgan fingerprint density at radius 2 is 1.83 bits per heavy atom. The summed E-state index contributed by atoms with van der Waals surface area (Å²) < 4.78 is 19.3. The minimum atomic E-state index is -0.248. The van der Waals surface area contributed by atoms with Gasteiger partial charge in [-0.25, -0.2) is 4.39 Å². The summed E-state index contributed by atoms with van der Waals surface area (Å²) in [7, 11) is 1.76. The van der Waals surface area contributed by atoms with Gasteiger partial charge in [0.05, 0.1) is 12.6 Å². The van der Waals surface area contributed by atoms with Crippen LogP contribution < -0.4 is 10.6 Å². The van der Waals surface area contributed by atoms with Crippen LogP contribution in [0.4, 0.5) is 4.39 Å². The minimum Gasteiger partial charge on any atom is -0.367 e. The number of hydrogen-bond donors (Lipinski definition) is 2. The minimum absolute atomic E-state index is 0. The Morgan fingerprint density at radius 3 is 2.50 bits per heavy atom. The molecule has 6 nitrogen and oxygen atoms in total. The molecular weight excluding hydrogens is 498 g/mol. The van der Waals surface area contributed by atoms with E-state index in [2.05, 4.69) is 20.5 Å². The van der Waals surface area contributed by atoms with Crippen molar-refractivity contribution in [2.45, 2.75) is 51.2 Å². The lowest BCUT2D eigenvalue weighted by Gasteiger charge is -2.38. The normalized spacial score (nSPS) is 22.5. The van der Waals surface area contributed by atoms with Crippen LogP contribution in [0, 0.1) is 11.7 Å². The number of hydrogen-bond acceptors (Lipinski definition) is 3. The summed E-state index contributed by atoms with van der Waals surface area (Å²) in [6.45, 7) is 4.59. The third-order valence-electron chi connectivity index (χ3n) is 5.69. The first-order valence-electron chi connectivity index (χ1n) is 10.7. The zero-order valence-electron chi connectivity index (χ0n) is 17.9. The fourth-order valence-corrected chi connectivity index (χ4v) is 4.24. The second-order valence-corrected chi connectivity index (χ2v) is 8.07. The molecule has 0 aromatic heterocycles. The van der Waals surface area contributed by atoms with Crippen LogP contribution in [-0.4, -0.2) is 56.1 Å². The van der Waals surface area contributed by atoms with E-state index in [1.54, 1.807) is 19.2 Å². The van der Waals surface area contributed by atoms with E-state index in [9.17, 15) is 9.18 Å². The van der Waals surface area contributed by atoms with E-state index in [4.69, 9.17) is 4.74 Å². The molecule has 3 rings (SSSR count). The van der Waals surface area contributed by atoms with Crippen molar-refractivity contribution in [1.82, 2.24) is 15.5 Å². The van der Waals surface area contributed by atoms with E-state index in [0.717, 1.165) is 18.1 Å². The van der Waals surface area contributed by atoms with Crippen molar-refractivity contribution >= 4 is 35.8 Å². The SMILES string of the molecule is CN=C(NCCNC(=O)CC1CCCC1)N1CC(C)OC(c2ccc(F)cc2)C1.I. The topological polar surface area (TPSA) is 66.0 Å². The molecule has 2 unspecified atom stereocenters. The Hall–Kier alpha value is -1.42. The molecule has 1 heterocycles. The van der Waals surface area contributed by atoms with Crippen molar-refractivity contribution in [1.29, 1.82) is 0 Å². The maximum absolute atomic E-state index is 13.2. The monoisotopic (exact) mass is 532 g/mol. The number of morpholine rings is 1. The molecule has 1 amide bonds. The van der Waals surface area contributed by atoms with Crippen molar-refractivity contribution in [2.24, 2.45) is 10.9 Å². The summed E-state index contributed by atoms with van der Waals surface area (Å²) in [5.74, 6) is 1.25. The van der Waals surface area contributed by atoms with Gasteiger partial charge in [0.1, 0.15) is 11.9 Å². The highest BCUT2D eigenvalue weighted by Gasteiger charge is 2.28. The van der Waals surface area contributed by atoms with Gasteiger partial charge in [-0.2, -0.15) is 0 Å². The zero-order chi connectivity index (χ0) is 20.6. The molecule has 1 aliphatic carbocycles. The van der Waals surface area contributed by atoms with Crippen molar-refractivity contribution in [2.75, 3.05) is 33.2 Å². The lowest BCUT2D eigenvalue weighted by Crippen LogP contribution is -2.51. The summed E-state index contributed by atoms with van der Waals surface area (Å²) in [4.78, 5) is 18.6. The van der Waals surface area contributed by atoms with Crippen LogP contribution in [0.15, 0.2) is 29.3 Å². The molecule has 2 atom stereocenters. The molecule has 30 heavy (non-hydrogen) atoms. The van der Waals surface area contributed by atoms with Crippen molar-refractivity contribution in [3.63, 3.8) is 0 Å². The fourth-order valence-electron chi connectivity index (χ4n) is 4.24. The number of carbonyl (C=O) groups is 1. The molecule has 0 spiro atoms. The highest BCUT2D eigenvalue weighted by Crippen LogP contribution is 2.27. The molecule has 0 radical (unpaired) electrons. The highest BCUT2D eigenvalue weighted by atomic mass is 127. The van der Waals surface area contributed by atoms with Gasteiger partial charge in [0.25, 0.3) is 0 Å². The molecular formula is C22H34FIN4O2. The summed E-state index contributed by atoms with van der Waals surface area (Å²) in [6, 6.07) is 6.46. The van der Waals surface area contributed by atoms with Crippen LogP contribution in [0.3, 0.4) is 0 Å². The number of nitrogens with zero attached hydrogens (tertiary/aromatic N) is 2. The summed E-state index contributed by atoms with van der Waals surface area (Å²) in [5, 5.41) is 6.34. The van der Waals surface area contributed by atoms with Gasteiger partial charge in [-0.3, -0.25) is 9.79 Å². The number of amides is 1. The Bertz CT molecular complexity index is 695. The molecule has 1 saturated carbocycles. The van der Waals surface area contributed by atoms with E-state index in [1.165, 1.54) is 37.8 Å². The van der Waals surface area contributed by atoms with Crippen molar-refractivity contribution < 1.29 is 13.9 Å².